The lowest BCUT2D eigenvalue weighted by atomic mass is 9.97. The molecule has 0 spiro atoms. The molecule has 1 rings (SSSR count). The highest BCUT2D eigenvalue weighted by atomic mass is 16.5. The third-order valence-corrected chi connectivity index (χ3v) is 4.10. The molecule has 0 fully saturated rings. The molecule has 0 aliphatic rings. The van der Waals surface area contributed by atoms with Crippen molar-refractivity contribution in [3.63, 3.8) is 0 Å². The number of aliphatic hydroxyl groups is 1. The predicted octanol–water partition coefficient (Wildman–Crippen LogP) is 0.223. The fourth-order valence-corrected chi connectivity index (χ4v) is 2.59. The molecule has 0 saturated heterocycles. The van der Waals surface area contributed by atoms with Gasteiger partial charge in [0.25, 0.3) is 0 Å². The quantitative estimate of drug-likeness (QED) is 0.350. The van der Waals surface area contributed by atoms with Gasteiger partial charge in [0.05, 0.1) is 25.6 Å². The highest BCUT2D eigenvalue weighted by Crippen LogP contribution is 2.10. The number of amides is 3. The summed E-state index contributed by atoms with van der Waals surface area (Å²) in [6, 6.07) is 7.95. The van der Waals surface area contributed by atoms with Gasteiger partial charge in [-0.15, -0.1) is 0 Å². The van der Waals surface area contributed by atoms with Crippen LogP contribution in [-0.2, 0) is 30.5 Å². The summed E-state index contributed by atoms with van der Waals surface area (Å²) >= 11 is 0. The van der Waals surface area contributed by atoms with Crippen LogP contribution in [0.5, 0.6) is 0 Å². The van der Waals surface area contributed by atoms with E-state index in [-0.39, 0.29) is 32.6 Å². The topological polar surface area (TPSA) is 157 Å². The molecule has 3 amide bonds. The van der Waals surface area contributed by atoms with Crippen molar-refractivity contribution in [2.24, 2.45) is 11.7 Å². The van der Waals surface area contributed by atoms with Crippen LogP contribution in [0.4, 0.5) is 4.79 Å². The Morgan fingerprint density at radius 1 is 1.10 bits per heavy atom. The van der Waals surface area contributed by atoms with Crippen molar-refractivity contribution >= 4 is 23.9 Å². The van der Waals surface area contributed by atoms with Gasteiger partial charge in [-0.2, -0.15) is 0 Å². The molecule has 10 heteroatoms. The highest BCUT2D eigenvalue weighted by molar-refractivity contribution is 5.87. The summed E-state index contributed by atoms with van der Waals surface area (Å²) in [4.78, 5) is 47.0. The molecule has 1 aromatic carbocycles. The van der Waals surface area contributed by atoms with Crippen molar-refractivity contribution in [2.75, 3.05) is 13.2 Å². The molecule has 166 valence electrons. The molecular formula is C20H29N3O7. The third-order valence-electron chi connectivity index (χ3n) is 4.10. The number of primary amides is 1. The highest BCUT2D eigenvalue weighted by Gasteiger charge is 2.27. The number of carbonyl (C=O) groups excluding carboxylic acids is 4. The largest absolute Gasteiger partial charge is 0.466 e. The Morgan fingerprint density at radius 3 is 2.37 bits per heavy atom. The van der Waals surface area contributed by atoms with Gasteiger partial charge in [0.15, 0.2) is 0 Å². The monoisotopic (exact) mass is 423 g/mol. The van der Waals surface area contributed by atoms with Crippen molar-refractivity contribution in [1.82, 2.24) is 10.6 Å². The lowest BCUT2D eigenvalue weighted by Crippen LogP contribution is -2.50. The molecule has 0 aliphatic carbocycles. The number of benzene rings is 1. The van der Waals surface area contributed by atoms with Crippen LogP contribution in [0.25, 0.3) is 0 Å². The van der Waals surface area contributed by atoms with Crippen LogP contribution in [-0.4, -0.2) is 54.3 Å². The number of hydrogen-bond donors (Lipinski definition) is 4. The van der Waals surface area contributed by atoms with E-state index in [1.54, 1.807) is 26.0 Å². The fourth-order valence-electron chi connectivity index (χ4n) is 2.59. The Hall–Kier alpha value is -3.14. The van der Waals surface area contributed by atoms with E-state index >= 15 is 0 Å². The number of esters is 1. The van der Waals surface area contributed by atoms with E-state index < -0.39 is 41.9 Å². The van der Waals surface area contributed by atoms with Crippen molar-refractivity contribution in [3.05, 3.63) is 35.9 Å². The summed E-state index contributed by atoms with van der Waals surface area (Å²) in [5.74, 6) is -2.56. The summed E-state index contributed by atoms with van der Waals surface area (Å²) in [6.07, 6.45) is -2.42. The molecular weight excluding hydrogens is 394 g/mol. The molecule has 0 bridgehead atoms. The summed E-state index contributed by atoms with van der Waals surface area (Å²) in [5.41, 5.74) is 6.11. The van der Waals surface area contributed by atoms with Crippen molar-refractivity contribution in [2.45, 2.75) is 45.4 Å². The van der Waals surface area contributed by atoms with Gasteiger partial charge in [-0.1, -0.05) is 37.3 Å². The molecule has 0 aliphatic heterocycles. The van der Waals surface area contributed by atoms with Crippen LogP contribution < -0.4 is 16.4 Å². The Morgan fingerprint density at radius 2 is 1.77 bits per heavy atom. The molecule has 0 aromatic heterocycles. The zero-order valence-corrected chi connectivity index (χ0v) is 17.1. The minimum Gasteiger partial charge on any atom is -0.466 e. The van der Waals surface area contributed by atoms with Crippen molar-refractivity contribution in [1.29, 1.82) is 0 Å². The minimum absolute atomic E-state index is 0.0713. The van der Waals surface area contributed by atoms with E-state index in [0.717, 1.165) is 5.56 Å². The Labute approximate surface area is 175 Å². The Kier molecular flexibility index (Phi) is 10.9. The van der Waals surface area contributed by atoms with E-state index in [1.807, 2.05) is 18.2 Å². The molecule has 0 heterocycles. The number of alkyl carbamates (subject to hydrolysis) is 1. The second-order valence-corrected chi connectivity index (χ2v) is 6.73. The zero-order valence-electron chi connectivity index (χ0n) is 17.1. The van der Waals surface area contributed by atoms with E-state index in [9.17, 15) is 24.3 Å². The number of nitrogens with two attached hydrogens (primary N) is 1. The molecule has 3 atom stereocenters. The first-order chi connectivity index (χ1) is 14.2. The van der Waals surface area contributed by atoms with Gasteiger partial charge in [-0.3, -0.25) is 14.4 Å². The van der Waals surface area contributed by atoms with Gasteiger partial charge in [-0.25, -0.2) is 4.79 Å². The number of ether oxygens (including phenoxy) is 2. The van der Waals surface area contributed by atoms with E-state index in [2.05, 4.69) is 10.6 Å². The average molecular weight is 423 g/mol. The SMILES string of the molecule is CCOC(=O)C[C@H](C)[C@H](NC(=O)C[C@H](O)CNC(=O)OCc1ccccc1)C(N)=O. The van der Waals surface area contributed by atoms with Gasteiger partial charge in [-0.05, 0) is 18.4 Å². The second-order valence-electron chi connectivity index (χ2n) is 6.73. The summed E-state index contributed by atoms with van der Waals surface area (Å²) in [6.45, 7) is 3.28. The first-order valence-electron chi connectivity index (χ1n) is 9.59. The fraction of sp³-hybridized carbons (Fsp3) is 0.500. The van der Waals surface area contributed by atoms with Crippen LogP contribution in [0.1, 0.15) is 32.3 Å². The van der Waals surface area contributed by atoms with Crippen LogP contribution >= 0.6 is 0 Å². The van der Waals surface area contributed by atoms with Crippen LogP contribution in [0.3, 0.4) is 0 Å². The maximum absolute atomic E-state index is 12.1. The third kappa shape index (κ3) is 9.87. The van der Waals surface area contributed by atoms with E-state index in [1.165, 1.54) is 0 Å². The standard InChI is InChI=1S/C20H29N3O7/c1-3-29-17(26)9-13(2)18(19(21)27)23-16(25)10-15(24)11-22-20(28)30-12-14-7-5-4-6-8-14/h4-8,13,15,18,24H,3,9-12H2,1-2H3,(H2,21,27)(H,22,28)(H,23,25)/t13-,15-,18-/m0/s1. The molecule has 10 nitrogen and oxygen atoms in total. The number of carbonyl (C=O) groups is 4. The van der Waals surface area contributed by atoms with Gasteiger partial charge in [0.1, 0.15) is 12.6 Å². The average Bonchev–Trinajstić information content (AvgIpc) is 2.69. The lowest BCUT2D eigenvalue weighted by molar-refractivity contribution is -0.145. The summed E-state index contributed by atoms with van der Waals surface area (Å²) in [5, 5.41) is 14.7. The molecule has 0 unspecified atom stereocenters. The van der Waals surface area contributed by atoms with Crippen LogP contribution in [0.2, 0.25) is 0 Å². The lowest BCUT2D eigenvalue weighted by Gasteiger charge is -2.22. The van der Waals surface area contributed by atoms with Crippen molar-refractivity contribution in [3.8, 4) is 0 Å². The maximum Gasteiger partial charge on any atom is 0.407 e. The van der Waals surface area contributed by atoms with Crippen LogP contribution in [0, 0.1) is 5.92 Å². The Balaban J connectivity index is 2.39. The van der Waals surface area contributed by atoms with Gasteiger partial charge in [0, 0.05) is 6.54 Å². The molecule has 5 N–H and O–H groups in total. The maximum atomic E-state index is 12.1. The normalized spacial score (nSPS) is 13.4. The molecule has 0 saturated carbocycles. The smallest absolute Gasteiger partial charge is 0.407 e. The summed E-state index contributed by atoms with van der Waals surface area (Å²) in [7, 11) is 0. The molecule has 0 radical (unpaired) electrons. The van der Waals surface area contributed by atoms with E-state index in [0.29, 0.717) is 0 Å². The number of rotatable bonds is 12. The first-order valence-corrected chi connectivity index (χ1v) is 9.59. The number of nitrogens with one attached hydrogen (secondary N) is 2. The summed E-state index contributed by atoms with van der Waals surface area (Å²) < 4.78 is 9.82. The van der Waals surface area contributed by atoms with Crippen molar-refractivity contribution < 1.29 is 33.8 Å². The molecule has 1 aromatic rings. The predicted molar refractivity (Wildman–Crippen MR) is 107 cm³/mol. The first kappa shape index (κ1) is 24.9. The van der Waals surface area contributed by atoms with E-state index in [4.69, 9.17) is 15.2 Å². The number of aliphatic hydroxyl groups excluding tert-OH is 1. The van der Waals surface area contributed by atoms with Crippen LogP contribution in [0.15, 0.2) is 30.3 Å². The Bertz CT molecular complexity index is 712. The second kappa shape index (κ2) is 13.2. The number of hydrogen-bond acceptors (Lipinski definition) is 7. The zero-order chi connectivity index (χ0) is 22.5. The van der Waals surface area contributed by atoms with Gasteiger partial charge >= 0.3 is 12.1 Å². The molecule has 30 heavy (non-hydrogen) atoms. The van der Waals surface area contributed by atoms with Gasteiger partial charge in [0.2, 0.25) is 11.8 Å². The van der Waals surface area contributed by atoms with Gasteiger partial charge < -0.3 is 30.9 Å². The minimum atomic E-state index is -1.21.